The number of rotatable bonds is 4. The van der Waals surface area contributed by atoms with Crippen molar-refractivity contribution in [3.8, 4) is 0 Å². The normalized spacial score (nSPS) is 22.9. The third-order valence-corrected chi connectivity index (χ3v) is 4.43. The molecular weight excluding hydrogens is 217 g/mol. The molecule has 0 amide bonds. The van der Waals surface area contributed by atoms with E-state index in [0.29, 0.717) is 6.54 Å². The zero-order valence-corrected chi connectivity index (χ0v) is 9.76. The first-order valence-corrected chi connectivity index (χ1v) is 6.22. The lowest BCUT2D eigenvalue weighted by atomic mass is 9.94. The summed E-state index contributed by atoms with van der Waals surface area (Å²) in [6, 6.07) is 0. The number of oxime groups is 1. The summed E-state index contributed by atoms with van der Waals surface area (Å²) < 4.78 is 11.9. The van der Waals surface area contributed by atoms with Crippen molar-refractivity contribution in [2.45, 2.75) is 17.6 Å². The van der Waals surface area contributed by atoms with Gasteiger partial charge in [-0.1, -0.05) is 5.16 Å². The van der Waals surface area contributed by atoms with Crippen LogP contribution in [0.5, 0.6) is 0 Å². The van der Waals surface area contributed by atoms with Crippen LogP contribution >= 0.6 is 11.8 Å². The minimum Gasteiger partial charge on any atom is -0.409 e. The van der Waals surface area contributed by atoms with Gasteiger partial charge in [0.05, 0.1) is 4.75 Å². The van der Waals surface area contributed by atoms with Gasteiger partial charge in [0.15, 0.2) is 5.84 Å². The second-order valence-electron chi connectivity index (χ2n) is 3.71. The van der Waals surface area contributed by atoms with Crippen molar-refractivity contribution < 1.29 is 9.60 Å². The molecule has 1 aliphatic heterocycles. The molecular formula is C9H18FN3OS. The fraction of sp³-hybridized carbons (Fsp3) is 0.889. The molecule has 88 valence electrons. The third-order valence-electron chi connectivity index (χ3n) is 3.03. The van der Waals surface area contributed by atoms with Gasteiger partial charge >= 0.3 is 0 Å². The molecule has 0 atom stereocenters. The number of hydrogen-bond acceptors (Lipinski definition) is 4. The van der Waals surface area contributed by atoms with Gasteiger partial charge in [-0.05, 0) is 19.1 Å². The lowest BCUT2D eigenvalue weighted by Crippen LogP contribution is -2.50. The van der Waals surface area contributed by atoms with Gasteiger partial charge in [-0.2, -0.15) is 11.8 Å². The van der Waals surface area contributed by atoms with Crippen molar-refractivity contribution >= 4 is 17.6 Å². The Kier molecular flexibility index (Phi) is 4.66. The Morgan fingerprint density at radius 2 is 2.20 bits per heavy atom. The predicted octanol–water partition coefficient (Wildman–Crippen LogP) is 0.900. The fourth-order valence-corrected chi connectivity index (χ4v) is 2.75. The zero-order valence-electron chi connectivity index (χ0n) is 8.95. The lowest BCUT2D eigenvalue weighted by Gasteiger charge is -2.39. The molecule has 1 aliphatic rings. The van der Waals surface area contributed by atoms with E-state index in [-0.39, 0.29) is 17.3 Å². The quantitative estimate of drug-likeness (QED) is 0.329. The summed E-state index contributed by atoms with van der Waals surface area (Å²) in [5, 5.41) is 11.8. The monoisotopic (exact) mass is 235 g/mol. The molecule has 1 saturated heterocycles. The molecule has 0 bridgehead atoms. The van der Waals surface area contributed by atoms with Crippen LogP contribution in [0.4, 0.5) is 4.39 Å². The second-order valence-corrected chi connectivity index (χ2v) is 4.90. The van der Waals surface area contributed by atoms with E-state index in [4.69, 9.17) is 10.9 Å². The first kappa shape index (κ1) is 12.6. The fourth-order valence-electron chi connectivity index (χ4n) is 1.91. The number of nitrogens with zero attached hydrogens (tertiary/aromatic N) is 2. The first-order chi connectivity index (χ1) is 7.18. The molecule has 1 fully saturated rings. The number of hydrogen-bond donors (Lipinski definition) is 2. The average Bonchev–Trinajstić information content (AvgIpc) is 2.30. The predicted molar refractivity (Wildman–Crippen MR) is 61.3 cm³/mol. The topological polar surface area (TPSA) is 61.9 Å². The molecule has 0 aromatic carbocycles. The Hall–Kier alpha value is -0.490. The summed E-state index contributed by atoms with van der Waals surface area (Å²) in [5.41, 5.74) is 5.70. The van der Waals surface area contributed by atoms with Crippen LogP contribution in [0.1, 0.15) is 12.8 Å². The molecule has 1 rings (SSSR count). The Bertz CT molecular complexity index is 229. The number of thioether (sulfide) groups is 1. The Balaban J connectivity index is 2.59. The van der Waals surface area contributed by atoms with E-state index in [9.17, 15) is 4.39 Å². The van der Waals surface area contributed by atoms with Crippen molar-refractivity contribution in [2.24, 2.45) is 10.9 Å². The van der Waals surface area contributed by atoms with E-state index in [0.717, 1.165) is 25.9 Å². The lowest BCUT2D eigenvalue weighted by molar-refractivity contribution is 0.201. The second kappa shape index (κ2) is 5.55. The molecule has 0 aliphatic carbocycles. The van der Waals surface area contributed by atoms with Gasteiger partial charge < -0.3 is 15.8 Å². The van der Waals surface area contributed by atoms with E-state index >= 15 is 0 Å². The van der Waals surface area contributed by atoms with E-state index in [1.807, 2.05) is 6.26 Å². The van der Waals surface area contributed by atoms with Crippen LogP contribution in [-0.2, 0) is 0 Å². The standard InChI is InChI=1S/C9H18FN3OS/c1-15-9(8(11)12-14)2-5-13(6-3-9)7-4-10/h14H,2-7H2,1H3,(H2,11,12). The highest BCUT2D eigenvalue weighted by Crippen LogP contribution is 2.34. The average molecular weight is 235 g/mol. The molecule has 0 aromatic rings. The SMILES string of the molecule is CSC1(C(N)=NO)CCN(CCF)CC1. The molecule has 3 N–H and O–H groups in total. The summed E-state index contributed by atoms with van der Waals surface area (Å²) in [6.07, 6.45) is 3.58. The summed E-state index contributed by atoms with van der Waals surface area (Å²) in [4.78, 5) is 2.07. The molecule has 0 saturated carbocycles. The van der Waals surface area contributed by atoms with Gasteiger partial charge in [0.25, 0.3) is 0 Å². The summed E-state index contributed by atoms with van der Waals surface area (Å²) in [6.45, 7) is 1.79. The van der Waals surface area contributed by atoms with Crippen molar-refractivity contribution in [3.05, 3.63) is 0 Å². The van der Waals surface area contributed by atoms with Crippen molar-refractivity contribution in [3.63, 3.8) is 0 Å². The van der Waals surface area contributed by atoms with Crippen molar-refractivity contribution in [1.29, 1.82) is 0 Å². The van der Waals surface area contributed by atoms with Crippen LogP contribution in [0, 0.1) is 0 Å². The molecule has 0 aromatic heterocycles. The van der Waals surface area contributed by atoms with Crippen molar-refractivity contribution in [2.75, 3.05) is 32.6 Å². The summed E-state index contributed by atoms with van der Waals surface area (Å²) in [7, 11) is 0. The maximum atomic E-state index is 12.1. The van der Waals surface area contributed by atoms with E-state index in [2.05, 4.69) is 10.1 Å². The van der Waals surface area contributed by atoms with Crippen molar-refractivity contribution in [1.82, 2.24) is 4.90 Å². The van der Waals surface area contributed by atoms with E-state index in [1.165, 1.54) is 0 Å². The summed E-state index contributed by atoms with van der Waals surface area (Å²) in [5.74, 6) is 0.287. The minimum atomic E-state index is -0.310. The molecule has 0 spiro atoms. The van der Waals surface area contributed by atoms with Crippen LogP contribution in [-0.4, -0.2) is 53.3 Å². The number of alkyl halides is 1. The molecule has 0 radical (unpaired) electrons. The first-order valence-electron chi connectivity index (χ1n) is 5.00. The number of amidine groups is 1. The minimum absolute atomic E-state index is 0.262. The van der Waals surface area contributed by atoms with Crippen LogP contribution in [0.3, 0.4) is 0 Å². The van der Waals surface area contributed by atoms with Gasteiger partial charge in [-0.3, -0.25) is 0 Å². The zero-order chi connectivity index (χ0) is 11.3. The molecule has 6 heteroatoms. The van der Waals surface area contributed by atoms with Gasteiger partial charge in [0.1, 0.15) is 6.67 Å². The highest BCUT2D eigenvalue weighted by molar-refractivity contribution is 8.00. The highest BCUT2D eigenvalue weighted by atomic mass is 32.2. The van der Waals surface area contributed by atoms with Crippen LogP contribution in [0.2, 0.25) is 0 Å². The van der Waals surface area contributed by atoms with E-state index < -0.39 is 0 Å². The highest BCUT2D eigenvalue weighted by Gasteiger charge is 2.37. The van der Waals surface area contributed by atoms with Gasteiger partial charge in [0, 0.05) is 19.6 Å². The molecule has 4 nitrogen and oxygen atoms in total. The third kappa shape index (κ3) is 2.75. The maximum Gasteiger partial charge on any atom is 0.155 e. The van der Waals surface area contributed by atoms with Gasteiger partial charge in [-0.25, -0.2) is 4.39 Å². The van der Waals surface area contributed by atoms with Crippen LogP contribution in [0.25, 0.3) is 0 Å². The number of nitrogens with two attached hydrogens (primary N) is 1. The molecule has 15 heavy (non-hydrogen) atoms. The van der Waals surface area contributed by atoms with Crippen LogP contribution in [0.15, 0.2) is 5.16 Å². The number of piperidine rings is 1. The summed E-state index contributed by atoms with van der Waals surface area (Å²) >= 11 is 1.61. The van der Waals surface area contributed by atoms with Gasteiger partial charge in [0.2, 0.25) is 0 Å². The number of likely N-dealkylation sites (tertiary alicyclic amines) is 1. The smallest absolute Gasteiger partial charge is 0.155 e. The largest absolute Gasteiger partial charge is 0.409 e. The Labute approximate surface area is 93.7 Å². The molecule has 1 heterocycles. The van der Waals surface area contributed by atoms with E-state index in [1.54, 1.807) is 11.8 Å². The molecule has 0 unspecified atom stereocenters. The Morgan fingerprint density at radius 3 is 2.60 bits per heavy atom. The van der Waals surface area contributed by atoms with Crippen LogP contribution < -0.4 is 5.73 Å². The Morgan fingerprint density at radius 1 is 1.60 bits per heavy atom. The maximum absolute atomic E-state index is 12.1. The van der Waals surface area contributed by atoms with Gasteiger partial charge in [-0.15, -0.1) is 0 Å². The number of halogens is 1.